The number of carbonyl (C=O) groups is 1. The van der Waals surface area contributed by atoms with Crippen molar-refractivity contribution in [3.05, 3.63) is 29.3 Å². The topological polar surface area (TPSA) is 72.5 Å². The van der Waals surface area contributed by atoms with Gasteiger partial charge in [0.2, 0.25) is 0 Å². The van der Waals surface area contributed by atoms with E-state index in [0.29, 0.717) is 18.5 Å². The fraction of sp³-hybridized carbons (Fsp3) is 0.300. The maximum atomic E-state index is 10.3. The number of ether oxygens (including phenoxy) is 1. The van der Waals surface area contributed by atoms with Crippen LogP contribution in [0.2, 0.25) is 0 Å². The van der Waals surface area contributed by atoms with E-state index in [1.54, 1.807) is 0 Å². The Labute approximate surface area is 81.3 Å². The Bertz CT molecular complexity index is 376. The van der Waals surface area contributed by atoms with E-state index in [2.05, 4.69) is 0 Å². The molecule has 0 aliphatic heterocycles. The van der Waals surface area contributed by atoms with Crippen molar-refractivity contribution in [3.63, 3.8) is 0 Å². The van der Waals surface area contributed by atoms with Crippen LogP contribution in [0, 0.1) is 0 Å². The zero-order chi connectivity index (χ0) is 10.1. The van der Waals surface area contributed by atoms with Gasteiger partial charge in [0.15, 0.2) is 0 Å². The molecule has 0 heterocycles. The summed E-state index contributed by atoms with van der Waals surface area (Å²) in [6, 6.07) is 5.62. The van der Waals surface area contributed by atoms with E-state index in [0.717, 1.165) is 11.1 Å². The number of rotatable bonds is 1. The Morgan fingerprint density at radius 1 is 1.43 bits per heavy atom. The van der Waals surface area contributed by atoms with Crippen molar-refractivity contribution < 1.29 is 14.6 Å². The number of carboxylic acid groups (broad SMARTS) is 1. The molecule has 1 atom stereocenters. The molecule has 3 N–H and O–H groups in total. The number of fused-ring (bicyclic) bond motifs is 1. The highest BCUT2D eigenvalue weighted by Gasteiger charge is 2.24. The van der Waals surface area contributed by atoms with Gasteiger partial charge in [-0.2, -0.15) is 0 Å². The summed E-state index contributed by atoms with van der Waals surface area (Å²) < 4.78 is 4.71. The molecular formula is C10H11NO3. The fourth-order valence-electron chi connectivity index (χ4n) is 1.82. The maximum absolute atomic E-state index is 10.3. The Hall–Kier alpha value is -1.71. The fourth-order valence-corrected chi connectivity index (χ4v) is 1.82. The van der Waals surface area contributed by atoms with Crippen LogP contribution in [0.3, 0.4) is 0 Å². The summed E-state index contributed by atoms with van der Waals surface area (Å²) in [6.07, 6.45) is -0.172. The minimum absolute atomic E-state index is 0.246. The number of nitrogen functional groups attached to an aromatic ring is 1. The average molecular weight is 193 g/mol. The van der Waals surface area contributed by atoms with Crippen LogP contribution in [0.4, 0.5) is 10.5 Å². The molecule has 0 radical (unpaired) electrons. The highest BCUT2D eigenvalue weighted by Crippen LogP contribution is 2.25. The van der Waals surface area contributed by atoms with Gasteiger partial charge in [-0.3, -0.25) is 0 Å². The second kappa shape index (κ2) is 3.21. The van der Waals surface area contributed by atoms with Crippen molar-refractivity contribution in [3.8, 4) is 0 Å². The van der Waals surface area contributed by atoms with Crippen molar-refractivity contribution in [1.29, 1.82) is 0 Å². The van der Waals surface area contributed by atoms with Crippen LogP contribution in [0.5, 0.6) is 0 Å². The van der Waals surface area contributed by atoms with E-state index in [1.165, 1.54) is 0 Å². The van der Waals surface area contributed by atoms with Gasteiger partial charge in [0.25, 0.3) is 0 Å². The molecule has 1 aromatic rings. The van der Waals surface area contributed by atoms with Crippen LogP contribution in [0.15, 0.2) is 18.2 Å². The first-order valence-corrected chi connectivity index (χ1v) is 4.42. The third-order valence-corrected chi connectivity index (χ3v) is 2.39. The van der Waals surface area contributed by atoms with Crippen molar-refractivity contribution >= 4 is 11.8 Å². The van der Waals surface area contributed by atoms with E-state index < -0.39 is 6.16 Å². The second-order valence-corrected chi connectivity index (χ2v) is 3.44. The molecule has 1 unspecified atom stereocenters. The van der Waals surface area contributed by atoms with Crippen LogP contribution >= 0.6 is 0 Å². The van der Waals surface area contributed by atoms with Crippen molar-refractivity contribution in [2.24, 2.45) is 0 Å². The molecule has 14 heavy (non-hydrogen) atoms. The van der Waals surface area contributed by atoms with Gasteiger partial charge < -0.3 is 15.6 Å². The predicted molar refractivity (Wildman–Crippen MR) is 51.2 cm³/mol. The number of hydrogen-bond donors (Lipinski definition) is 2. The Kier molecular flexibility index (Phi) is 2.04. The van der Waals surface area contributed by atoms with Crippen LogP contribution in [-0.4, -0.2) is 17.4 Å². The minimum atomic E-state index is -1.21. The molecule has 0 aromatic heterocycles. The zero-order valence-electron chi connectivity index (χ0n) is 7.56. The van der Waals surface area contributed by atoms with Crippen molar-refractivity contribution in [1.82, 2.24) is 0 Å². The van der Waals surface area contributed by atoms with Gasteiger partial charge in [0, 0.05) is 18.5 Å². The summed E-state index contributed by atoms with van der Waals surface area (Å²) in [6.45, 7) is 0. The largest absolute Gasteiger partial charge is 0.506 e. The zero-order valence-corrected chi connectivity index (χ0v) is 7.56. The molecule has 1 aliphatic carbocycles. The third kappa shape index (κ3) is 1.64. The maximum Gasteiger partial charge on any atom is 0.506 e. The SMILES string of the molecule is Nc1ccc2c(c1)CC(OC(=O)O)C2. The first kappa shape index (κ1) is 8.87. The molecule has 0 spiro atoms. The minimum Gasteiger partial charge on any atom is -0.450 e. The highest BCUT2D eigenvalue weighted by atomic mass is 16.7. The molecule has 1 aliphatic rings. The normalized spacial score (nSPS) is 19.0. The molecule has 0 amide bonds. The lowest BCUT2D eigenvalue weighted by atomic mass is 10.1. The first-order valence-electron chi connectivity index (χ1n) is 4.42. The quantitative estimate of drug-likeness (QED) is 0.522. The monoisotopic (exact) mass is 193 g/mol. The van der Waals surface area contributed by atoms with Gasteiger partial charge in [0.05, 0.1) is 0 Å². The Morgan fingerprint density at radius 3 is 2.86 bits per heavy atom. The standard InChI is InChI=1S/C10H11NO3/c11-8-2-1-6-4-9(14-10(12)13)5-7(6)3-8/h1-3,9H,4-5,11H2,(H,12,13). The molecule has 0 saturated carbocycles. The Morgan fingerprint density at radius 2 is 2.14 bits per heavy atom. The van der Waals surface area contributed by atoms with E-state index in [1.807, 2.05) is 18.2 Å². The van der Waals surface area contributed by atoms with Crippen LogP contribution in [-0.2, 0) is 17.6 Å². The molecular weight excluding hydrogens is 182 g/mol. The van der Waals surface area contributed by atoms with Crippen molar-refractivity contribution in [2.45, 2.75) is 18.9 Å². The van der Waals surface area contributed by atoms with Gasteiger partial charge >= 0.3 is 6.16 Å². The lowest BCUT2D eigenvalue weighted by Crippen LogP contribution is -2.16. The molecule has 4 heteroatoms. The lowest BCUT2D eigenvalue weighted by Gasteiger charge is -2.06. The van der Waals surface area contributed by atoms with E-state index in [4.69, 9.17) is 15.6 Å². The summed E-state index contributed by atoms with van der Waals surface area (Å²) >= 11 is 0. The summed E-state index contributed by atoms with van der Waals surface area (Å²) in [7, 11) is 0. The molecule has 1 aromatic carbocycles. The van der Waals surface area contributed by atoms with Gasteiger partial charge in [0.1, 0.15) is 6.10 Å². The number of nitrogens with two attached hydrogens (primary N) is 1. The lowest BCUT2D eigenvalue weighted by molar-refractivity contribution is 0.0560. The first-order chi connectivity index (χ1) is 6.65. The number of anilines is 1. The smallest absolute Gasteiger partial charge is 0.450 e. The van der Waals surface area contributed by atoms with Gasteiger partial charge in [-0.15, -0.1) is 0 Å². The molecule has 0 bridgehead atoms. The number of hydrogen-bond acceptors (Lipinski definition) is 3. The van der Waals surface area contributed by atoms with Crippen LogP contribution in [0.25, 0.3) is 0 Å². The average Bonchev–Trinajstić information content (AvgIpc) is 2.44. The van der Waals surface area contributed by atoms with Gasteiger partial charge in [-0.1, -0.05) is 6.07 Å². The molecule has 0 saturated heterocycles. The predicted octanol–water partition coefficient (Wildman–Crippen LogP) is 1.43. The summed E-state index contributed by atoms with van der Waals surface area (Å²) in [5.74, 6) is 0. The van der Waals surface area contributed by atoms with Gasteiger partial charge in [-0.25, -0.2) is 4.79 Å². The third-order valence-electron chi connectivity index (χ3n) is 2.39. The second-order valence-electron chi connectivity index (χ2n) is 3.44. The molecule has 0 fully saturated rings. The van der Waals surface area contributed by atoms with Crippen molar-refractivity contribution in [2.75, 3.05) is 5.73 Å². The highest BCUT2D eigenvalue weighted by molar-refractivity contribution is 5.57. The van der Waals surface area contributed by atoms with Crippen LogP contribution < -0.4 is 5.73 Å². The van der Waals surface area contributed by atoms with Crippen LogP contribution in [0.1, 0.15) is 11.1 Å². The molecule has 2 rings (SSSR count). The Balaban J connectivity index is 2.14. The van der Waals surface area contributed by atoms with Gasteiger partial charge in [-0.05, 0) is 23.3 Å². The van der Waals surface area contributed by atoms with E-state index in [9.17, 15) is 4.79 Å². The van der Waals surface area contributed by atoms with E-state index in [-0.39, 0.29) is 6.10 Å². The van der Waals surface area contributed by atoms with E-state index >= 15 is 0 Å². The summed E-state index contributed by atoms with van der Waals surface area (Å²) in [5.41, 5.74) is 8.55. The number of benzene rings is 1. The molecule has 74 valence electrons. The summed E-state index contributed by atoms with van der Waals surface area (Å²) in [4.78, 5) is 10.3. The summed E-state index contributed by atoms with van der Waals surface area (Å²) in [5, 5.41) is 8.46. The molecule has 4 nitrogen and oxygen atoms in total.